The molecule has 2 aliphatic heterocycles. The predicted molar refractivity (Wildman–Crippen MR) is 112 cm³/mol. The molecule has 3 atom stereocenters. The number of methoxy groups -OCH3 is 1. The molecule has 3 heterocycles. The number of hydrogen-bond donors (Lipinski definition) is 3. The Morgan fingerprint density at radius 1 is 1.33 bits per heavy atom. The van der Waals surface area contributed by atoms with Gasteiger partial charge in [0, 0.05) is 25.1 Å². The van der Waals surface area contributed by atoms with Crippen molar-refractivity contribution in [2.75, 3.05) is 38.7 Å². The van der Waals surface area contributed by atoms with E-state index in [9.17, 15) is 0 Å². The number of nitrogens with one attached hydrogen (secondary N) is 3. The summed E-state index contributed by atoms with van der Waals surface area (Å²) in [6.45, 7) is 5.85. The van der Waals surface area contributed by atoms with E-state index in [1.807, 2.05) is 6.07 Å². The van der Waals surface area contributed by atoms with Gasteiger partial charge in [-0.15, -0.1) is 0 Å². The van der Waals surface area contributed by atoms with Crippen LogP contribution < -0.4 is 20.9 Å². The highest BCUT2D eigenvalue weighted by Crippen LogP contribution is 2.34. The van der Waals surface area contributed by atoms with Crippen molar-refractivity contribution in [1.29, 1.82) is 5.26 Å². The number of likely N-dealkylation sites (N-methyl/N-ethyl adjacent to an activating group) is 1. The second-order valence-corrected chi connectivity index (χ2v) is 7.43. The lowest BCUT2D eigenvalue weighted by Gasteiger charge is -2.32. The van der Waals surface area contributed by atoms with Gasteiger partial charge in [0.25, 0.3) is 0 Å². The molecule has 30 heavy (non-hydrogen) atoms. The summed E-state index contributed by atoms with van der Waals surface area (Å²) in [6.07, 6.45) is 3.85. The van der Waals surface area contributed by atoms with Crippen LogP contribution in [0.25, 0.3) is 0 Å². The number of rotatable bonds is 6. The third kappa shape index (κ3) is 4.52. The molecule has 3 N–H and O–H groups in total. The molecule has 0 bridgehead atoms. The number of anilines is 1. The molecule has 1 aromatic carbocycles. The van der Waals surface area contributed by atoms with Gasteiger partial charge >= 0.3 is 0 Å². The molecule has 0 aliphatic carbocycles. The molecular formula is C21H27N7O2. The molecule has 0 radical (unpaired) electrons. The van der Waals surface area contributed by atoms with E-state index >= 15 is 0 Å². The topological polar surface area (TPSA) is 107 Å². The lowest BCUT2D eigenvalue weighted by molar-refractivity contribution is -0.0282. The van der Waals surface area contributed by atoms with Crippen LogP contribution in [0.15, 0.2) is 30.6 Å². The maximum Gasteiger partial charge on any atom is 0.158 e. The SMILES string of the molecule is CCN1CCO[C@H](c2ccc(C3CC(Nc4cnc(C#N)cn4)NN3)c(OC)c2)C1. The van der Waals surface area contributed by atoms with Crippen LogP contribution in [-0.4, -0.2) is 54.4 Å². The first kappa shape index (κ1) is 20.5. The van der Waals surface area contributed by atoms with Crippen molar-refractivity contribution in [3.05, 3.63) is 47.4 Å². The summed E-state index contributed by atoms with van der Waals surface area (Å²) in [5.74, 6) is 1.47. The maximum atomic E-state index is 8.83. The Kier molecular flexibility index (Phi) is 6.40. The molecule has 158 valence electrons. The minimum Gasteiger partial charge on any atom is -0.496 e. The van der Waals surface area contributed by atoms with E-state index in [2.05, 4.69) is 56.2 Å². The van der Waals surface area contributed by atoms with Crippen LogP contribution in [0.1, 0.15) is 42.3 Å². The standard InChI is InChI=1S/C21H27N7O2/c1-3-28-6-7-30-19(13-28)14-4-5-16(18(8-14)29-2)17-9-20(27-26-17)25-21-12-23-15(10-22)11-24-21/h4-5,8,11-12,17,19-20,26-27H,3,6-7,9,13H2,1-2H3,(H,24,25)/t17?,19-,20?/m0/s1. The van der Waals surface area contributed by atoms with Gasteiger partial charge in [0.15, 0.2) is 5.69 Å². The maximum absolute atomic E-state index is 8.83. The van der Waals surface area contributed by atoms with Crippen LogP contribution in [0, 0.1) is 11.3 Å². The van der Waals surface area contributed by atoms with E-state index in [-0.39, 0.29) is 18.3 Å². The quantitative estimate of drug-likeness (QED) is 0.657. The number of nitriles is 1. The second kappa shape index (κ2) is 9.36. The van der Waals surface area contributed by atoms with Crippen LogP contribution in [0.2, 0.25) is 0 Å². The number of hydrazine groups is 1. The monoisotopic (exact) mass is 409 g/mol. The minimum atomic E-state index is -0.0265. The summed E-state index contributed by atoms with van der Waals surface area (Å²) in [5, 5.41) is 12.1. The summed E-state index contributed by atoms with van der Waals surface area (Å²) in [6, 6.07) is 8.39. The van der Waals surface area contributed by atoms with Crippen molar-refractivity contribution in [3.63, 3.8) is 0 Å². The molecule has 2 aromatic rings. The van der Waals surface area contributed by atoms with Crippen molar-refractivity contribution in [3.8, 4) is 11.8 Å². The van der Waals surface area contributed by atoms with Gasteiger partial charge < -0.3 is 14.8 Å². The van der Waals surface area contributed by atoms with Crippen molar-refractivity contribution < 1.29 is 9.47 Å². The first-order valence-electron chi connectivity index (χ1n) is 10.2. The first-order valence-corrected chi connectivity index (χ1v) is 10.2. The van der Waals surface area contributed by atoms with Gasteiger partial charge in [0.1, 0.15) is 17.6 Å². The third-order valence-electron chi connectivity index (χ3n) is 5.59. The summed E-state index contributed by atoms with van der Waals surface area (Å²) in [5.41, 5.74) is 9.09. The highest BCUT2D eigenvalue weighted by molar-refractivity contribution is 5.42. The zero-order valence-electron chi connectivity index (χ0n) is 17.3. The van der Waals surface area contributed by atoms with Crippen LogP contribution in [0.4, 0.5) is 5.82 Å². The molecule has 9 nitrogen and oxygen atoms in total. The normalized spacial score (nSPS) is 24.4. The van der Waals surface area contributed by atoms with Gasteiger partial charge in [-0.3, -0.25) is 4.90 Å². The number of nitrogens with zero attached hydrogens (tertiary/aromatic N) is 4. The third-order valence-corrected chi connectivity index (χ3v) is 5.59. The largest absolute Gasteiger partial charge is 0.496 e. The van der Waals surface area contributed by atoms with Crippen molar-refractivity contribution in [2.24, 2.45) is 0 Å². The van der Waals surface area contributed by atoms with Crippen molar-refractivity contribution in [2.45, 2.75) is 31.7 Å². The van der Waals surface area contributed by atoms with Gasteiger partial charge in [0.2, 0.25) is 0 Å². The summed E-state index contributed by atoms with van der Waals surface area (Å²) in [4.78, 5) is 10.7. The molecule has 0 saturated carbocycles. The molecule has 0 amide bonds. The molecule has 2 aliphatic rings. The molecule has 2 saturated heterocycles. The number of morpholine rings is 1. The Hall–Kier alpha value is -2.77. The van der Waals surface area contributed by atoms with E-state index in [1.165, 1.54) is 6.20 Å². The fourth-order valence-corrected chi connectivity index (χ4v) is 3.90. The van der Waals surface area contributed by atoms with Gasteiger partial charge in [-0.25, -0.2) is 20.8 Å². The predicted octanol–water partition coefficient (Wildman–Crippen LogP) is 1.73. The van der Waals surface area contributed by atoms with Crippen molar-refractivity contribution >= 4 is 5.82 Å². The summed E-state index contributed by atoms with van der Waals surface area (Å²) < 4.78 is 11.7. The van der Waals surface area contributed by atoms with Gasteiger partial charge in [-0.2, -0.15) is 5.26 Å². The molecule has 9 heteroatoms. The molecule has 2 fully saturated rings. The van der Waals surface area contributed by atoms with E-state index in [0.29, 0.717) is 11.5 Å². The first-order chi connectivity index (χ1) is 14.7. The van der Waals surface area contributed by atoms with E-state index < -0.39 is 0 Å². The molecule has 1 aromatic heterocycles. The Balaban J connectivity index is 1.43. The Labute approximate surface area is 176 Å². The minimum absolute atomic E-state index is 0.0265. The van der Waals surface area contributed by atoms with Gasteiger partial charge in [-0.05, 0) is 18.2 Å². The van der Waals surface area contributed by atoms with E-state index in [4.69, 9.17) is 14.7 Å². The second-order valence-electron chi connectivity index (χ2n) is 7.43. The number of aromatic nitrogens is 2. The van der Waals surface area contributed by atoms with Crippen molar-refractivity contribution in [1.82, 2.24) is 25.7 Å². The van der Waals surface area contributed by atoms with Gasteiger partial charge in [0.05, 0.1) is 44.4 Å². The fourth-order valence-electron chi connectivity index (χ4n) is 3.90. The van der Waals surface area contributed by atoms with Crippen LogP contribution in [-0.2, 0) is 4.74 Å². The Bertz CT molecular complexity index is 899. The molecular weight excluding hydrogens is 382 g/mol. The number of ether oxygens (including phenoxy) is 2. The summed E-state index contributed by atoms with van der Waals surface area (Å²) in [7, 11) is 1.70. The molecule has 0 spiro atoms. The smallest absolute Gasteiger partial charge is 0.158 e. The highest BCUT2D eigenvalue weighted by atomic mass is 16.5. The number of hydrogen-bond acceptors (Lipinski definition) is 9. The van der Waals surface area contributed by atoms with Crippen LogP contribution in [0.5, 0.6) is 5.75 Å². The lowest BCUT2D eigenvalue weighted by atomic mass is 9.98. The average molecular weight is 409 g/mol. The lowest BCUT2D eigenvalue weighted by Crippen LogP contribution is -2.38. The zero-order chi connectivity index (χ0) is 20.9. The molecule has 2 unspecified atom stereocenters. The Morgan fingerprint density at radius 2 is 2.23 bits per heavy atom. The number of benzene rings is 1. The Morgan fingerprint density at radius 3 is 2.97 bits per heavy atom. The van der Waals surface area contributed by atoms with Gasteiger partial charge in [-0.1, -0.05) is 19.1 Å². The average Bonchev–Trinajstić information content (AvgIpc) is 3.27. The summed E-state index contributed by atoms with van der Waals surface area (Å²) >= 11 is 0. The van der Waals surface area contributed by atoms with E-state index in [0.717, 1.165) is 49.5 Å². The van der Waals surface area contributed by atoms with Crippen LogP contribution in [0.3, 0.4) is 0 Å². The van der Waals surface area contributed by atoms with E-state index in [1.54, 1.807) is 13.3 Å². The zero-order valence-corrected chi connectivity index (χ0v) is 17.3. The van der Waals surface area contributed by atoms with Crippen LogP contribution >= 0.6 is 0 Å². The fraction of sp³-hybridized carbons (Fsp3) is 0.476. The highest BCUT2D eigenvalue weighted by Gasteiger charge is 2.29. The molecule has 4 rings (SSSR count).